The Morgan fingerprint density at radius 2 is 2.00 bits per heavy atom. The summed E-state index contributed by atoms with van der Waals surface area (Å²) in [5.41, 5.74) is 2.76. The van der Waals surface area contributed by atoms with Crippen LogP contribution in [0.5, 0.6) is 0 Å². The summed E-state index contributed by atoms with van der Waals surface area (Å²) >= 11 is 2.72. The highest BCUT2D eigenvalue weighted by Gasteiger charge is 2.56. The van der Waals surface area contributed by atoms with E-state index in [0.717, 1.165) is 16.9 Å². The van der Waals surface area contributed by atoms with E-state index in [4.69, 9.17) is 4.74 Å². The minimum absolute atomic E-state index is 0.0965. The molecular weight excluding hydrogens is 370 g/mol. The third kappa shape index (κ3) is 3.01. The number of nitrogens with zero attached hydrogens (tertiary/aromatic N) is 3. The molecule has 0 radical (unpaired) electrons. The van der Waals surface area contributed by atoms with Gasteiger partial charge in [0.05, 0.1) is 12.3 Å². The average molecular weight is 392 g/mol. The number of Topliss-reactive ketones (excluding diaryl/α,β-unsaturated/α-hetero) is 1. The number of hydrazone groups is 1. The molecule has 0 unspecified atom stereocenters. The predicted octanol–water partition coefficient (Wildman–Crippen LogP) is 3.54. The lowest BCUT2D eigenvalue weighted by Gasteiger charge is -2.39. The summed E-state index contributed by atoms with van der Waals surface area (Å²) in [4.78, 5) is 26.9. The number of ketones is 1. The van der Waals surface area contributed by atoms with E-state index in [0.29, 0.717) is 16.6 Å². The number of thioether (sulfide) groups is 2. The van der Waals surface area contributed by atoms with Crippen LogP contribution in [0.15, 0.2) is 40.0 Å². The standard InChI is InChI=1S/C18H21N3O3S2/c1-6-24-17(23)15-12(3)20(5)18(25-15)21(19-16(26-18)13(4)22)14-9-7-8-11(2)10-14/h7-10H,6H2,1-5H3/t18-/m1/s1. The first-order valence-electron chi connectivity index (χ1n) is 8.26. The van der Waals surface area contributed by atoms with Gasteiger partial charge in [-0.2, -0.15) is 5.10 Å². The number of allylic oxidation sites excluding steroid dienone is 1. The summed E-state index contributed by atoms with van der Waals surface area (Å²) in [6, 6.07) is 7.93. The zero-order valence-corrected chi connectivity index (χ0v) is 17.0. The van der Waals surface area contributed by atoms with E-state index < -0.39 is 4.33 Å². The highest BCUT2D eigenvalue weighted by atomic mass is 32.2. The van der Waals surface area contributed by atoms with Crippen molar-refractivity contribution in [3.8, 4) is 0 Å². The summed E-state index contributed by atoms with van der Waals surface area (Å²) in [5, 5.41) is 6.82. The fourth-order valence-corrected chi connectivity index (χ4v) is 5.64. The van der Waals surface area contributed by atoms with Crippen LogP contribution in [0, 0.1) is 6.92 Å². The van der Waals surface area contributed by atoms with Gasteiger partial charge in [-0.1, -0.05) is 23.9 Å². The van der Waals surface area contributed by atoms with E-state index in [1.807, 2.05) is 55.1 Å². The van der Waals surface area contributed by atoms with Crippen molar-refractivity contribution in [1.82, 2.24) is 4.90 Å². The number of benzene rings is 1. The van der Waals surface area contributed by atoms with Gasteiger partial charge in [0.15, 0.2) is 10.8 Å². The molecule has 0 saturated heterocycles. The van der Waals surface area contributed by atoms with Gasteiger partial charge in [-0.15, -0.1) is 0 Å². The summed E-state index contributed by atoms with van der Waals surface area (Å²) < 4.78 is 4.44. The van der Waals surface area contributed by atoms with E-state index in [-0.39, 0.29) is 11.8 Å². The molecule has 2 heterocycles. The molecule has 6 nitrogen and oxygen atoms in total. The molecular formula is C18H21N3O3S2. The van der Waals surface area contributed by atoms with Gasteiger partial charge in [0, 0.05) is 19.7 Å². The van der Waals surface area contributed by atoms with Gasteiger partial charge in [0.2, 0.25) is 4.33 Å². The van der Waals surface area contributed by atoms with E-state index in [1.54, 1.807) is 6.92 Å². The molecule has 0 N–H and O–H groups in total. The molecule has 138 valence electrons. The van der Waals surface area contributed by atoms with Crippen molar-refractivity contribution in [2.45, 2.75) is 32.0 Å². The van der Waals surface area contributed by atoms with Gasteiger partial charge in [0.1, 0.15) is 4.91 Å². The van der Waals surface area contributed by atoms with Crippen molar-refractivity contribution in [2.24, 2.45) is 5.10 Å². The first kappa shape index (κ1) is 18.8. The van der Waals surface area contributed by atoms with Crippen LogP contribution in [-0.4, -0.2) is 39.7 Å². The Hall–Kier alpha value is -1.93. The molecule has 2 aliphatic rings. The Kier molecular flexibility index (Phi) is 5.07. The number of hydrogen-bond donors (Lipinski definition) is 0. The zero-order chi connectivity index (χ0) is 19.1. The molecule has 0 saturated carbocycles. The van der Waals surface area contributed by atoms with Crippen LogP contribution in [0.1, 0.15) is 26.3 Å². The largest absolute Gasteiger partial charge is 0.462 e. The van der Waals surface area contributed by atoms with E-state index >= 15 is 0 Å². The van der Waals surface area contributed by atoms with Crippen molar-refractivity contribution < 1.29 is 14.3 Å². The van der Waals surface area contributed by atoms with Crippen LogP contribution in [0.25, 0.3) is 0 Å². The van der Waals surface area contributed by atoms with Gasteiger partial charge >= 0.3 is 5.97 Å². The summed E-state index contributed by atoms with van der Waals surface area (Å²) in [6.45, 7) is 7.50. The molecule has 2 aliphatic heterocycles. The third-order valence-corrected chi connectivity index (χ3v) is 7.34. The minimum Gasteiger partial charge on any atom is -0.462 e. The van der Waals surface area contributed by atoms with E-state index in [1.165, 1.54) is 30.4 Å². The Labute approximate surface area is 161 Å². The maximum Gasteiger partial charge on any atom is 0.346 e. The number of carbonyl (C=O) groups is 2. The highest BCUT2D eigenvalue weighted by Crippen LogP contribution is 2.58. The van der Waals surface area contributed by atoms with Gasteiger partial charge in [0.25, 0.3) is 0 Å². The molecule has 0 amide bonds. The summed E-state index contributed by atoms with van der Waals surface area (Å²) in [6.07, 6.45) is 0. The van der Waals surface area contributed by atoms with Gasteiger partial charge < -0.3 is 9.64 Å². The summed E-state index contributed by atoms with van der Waals surface area (Å²) in [7, 11) is 1.91. The number of esters is 1. The van der Waals surface area contributed by atoms with Crippen molar-refractivity contribution in [3.05, 3.63) is 40.4 Å². The van der Waals surface area contributed by atoms with Crippen molar-refractivity contribution in [1.29, 1.82) is 0 Å². The first-order valence-corrected chi connectivity index (χ1v) is 9.89. The highest BCUT2D eigenvalue weighted by molar-refractivity contribution is 8.28. The third-order valence-electron chi connectivity index (χ3n) is 4.19. The molecule has 1 aromatic rings. The van der Waals surface area contributed by atoms with Crippen molar-refractivity contribution >= 4 is 46.0 Å². The SMILES string of the molecule is CCOC(=O)C1=C(C)N(C)[C@]2(SC(C(C)=O)=NN2c2cccc(C)c2)S1. The second-order valence-corrected chi connectivity index (χ2v) is 8.66. The molecule has 0 aromatic heterocycles. The fourth-order valence-electron chi connectivity index (χ4n) is 2.77. The maximum atomic E-state index is 12.4. The second-order valence-electron chi connectivity index (χ2n) is 6.06. The number of ether oxygens (including phenoxy) is 1. The van der Waals surface area contributed by atoms with Crippen LogP contribution in [-0.2, 0) is 14.3 Å². The first-order chi connectivity index (χ1) is 12.3. The van der Waals surface area contributed by atoms with Gasteiger partial charge in [-0.3, -0.25) is 4.79 Å². The fraction of sp³-hybridized carbons (Fsp3) is 0.389. The van der Waals surface area contributed by atoms with Crippen molar-refractivity contribution in [2.75, 3.05) is 18.7 Å². The van der Waals surface area contributed by atoms with Crippen molar-refractivity contribution in [3.63, 3.8) is 0 Å². The minimum atomic E-state index is -0.763. The quantitative estimate of drug-likeness (QED) is 0.728. The Balaban J connectivity index is 2.05. The molecule has 1 atom stereocenters. The lowest BCUT2D eigenvalue weighted by molar-refractivity contribution is -0.137. The second kappa shape index (κ2) is 7.00. The molecule has 8 heteroatoms. The van der Waals surface area contributed by atoms with E-state index in [2.05, 4.69) is 5.10 Å². The van der Waals surface area contributed by atoms with Gasteiger partial charge in [-0.25, -0.2) is 9.80 Å². The summed E-state index contributed by atoms with van der Waals surface area (Å²) in [5.74, 6) is -0.444. The number of aryl methyl sites for hydroxylation is 1. The smallest absolute Gasteiger partial charge is 0.346 e. The lowest BCUT2D eigenvalue weighted by Crippen LogP contribution is -2.47. The topological polar surface area (TPSA) is 62.2 Å². The number of carbonyl (C=O) groups excluding carboxylic acids is 2. The lowest BCUT2D eigenvalue weighted by atomic mass is 10.2. The molecule has 1 spiro atoms. The van der Waals surface area contributed by atoms with Crippen LogP contribution in [0.4, 0.5) is 5.69 Å². The number of anilines is 1. The normalized spacial score (nSPS) is 22.3. The molecule has 3 rings (SSSR count). The Bertz CT molecular complexity index is 837. The van der Waals surface area contributed by atoms with Crippen LogP contribution >= 0.6 is 23.5 Å². The monoisotopic (exact) mass is 391 g/mol. The van der Waals surface area contributed by atoms with Crippen LogP contribution in [0.3, 0.4) is 0 Å². The number of hydrogen-bond acceptors (Lipinski definition) is 8. The molecule has 0 fully saturated rings. The Morgan fingerprint density at radius 1 is 1.27 bits per heavy atom. The molecule has 0 aliphatic carbocycles. The average Bonchev–Trinajstić information content (AvgIpc) is 3.10. The molecule has 1 aromatic carbocycles. The maximum absolute atomic E-state index is 12.4. The number of rotatable bonds is 4. The molecule has 26 heavy (non-hydrogen) atoms. The Morgan fingerprint density at radius 3 is 2.62 bits per heavy atom. The van der Waals surface area contributed by atoms with Gasteiger partial charge in [-0.05, 0) is 50.2 Å². The van der Waals surface area contributed by atoms with E-state index in [9.17, 15) is 9.59 Å². The molecule has 0 bridgehead atoms. The van der Waals surface area contributed by atoms with Crippen LogP contribution < -0.4 is 5.01 Å². The predicted molar refractivity (Wildman–Crippen MR) is 107 cm³/mol. The van der Waals surface area contributed by atoms with Crippen LogP contribution in [0.2, 0.25) is 0 Å². The zero-order valence-electron chi connectivity index (χ0n) is 15.4.